The van der Waals surface area contributed by atoms with E-state index in [4.69, 9.17) is 6.57 Å². The first-order chi connectivity index (χ1) is 18.8. The number of anilines is 2. The van der Waals surface area contributed by atoms with Crippen molar-refractivity contribution in [3.8, 4) is 11.1 Å². The molecule has 0 unspecified atom stereocenters. The van der Waals surface area contributed by atoms with E-state index in [9.17, 15) is 9.59 Å². The highest BCUT2D eigenvalue weighted by Crippen LogP contribution is 2.37. The second-order valence-corrected chi connectivity index (χ2v) is 9.37. The lowest BCUT2D eigenvalue weighted by atomic mass is 9.93. The summed E-state index contributed by atoms with van der Waals surface area (Å²) in [7, 11) is 0. The molecule has 0 saturated heterocycles. The van der Waals surface area contributed by atoms with Gasteiger partial charge in [0.15, 0.2) is 5.69 Å². The molecular formula is C32H29FN4O2. The molecule has 0 spiro atoms. The van der Waals surface area contributed by atoms with E-state index in [1.54, 1.807) is 24.3 Å². The summed E-state index contributed by atoms with van der Waals surface area (Å²) >= 11 is 0. The van der Waals surface area contributed by atoms with Crippen LogP contribution in [0.15, 0.2) is 72.8 Å². The number of carbonyl (C=O) groups is 2. The number of pyridine rings is 1. The van der Waals surface area contributed by atoms with E-state index in [1.165, 1.54) is 18.2 Å². The maximum absolute atomic E-state index is 15.2. The Morgan fingerprint density at radius 3 is 2.21 bits per heavy atom. The van der Waals surface area contributed by atoms with Gasteiger partial charge in [-0.25, -0.2) is 14.2 Å². The minimum absolute atomic E-state index is 0.0177. The van der Waals surface area contributed by atoms with E-state index in [1.807, 2.05) is 51.1 Å². The van der Waals surface area contributed by atoms with Crippen LogP contribution < -0.4 is 10.6 Å². The van der Waals surface area contributed by atoms with E-state index >= 15 is 4.39 Å². The fraction of sp³-hybridized carbons (Fsp3) is 0.188. The SMILES string of the molecule is [C-]#[N+]c1ccccc1-c1ccc(F)c(NC(=O)c2cccc(C(=O)Nc3cc(C)cc(C)c3)n2)c1CCCC. The van der Waals surface area contributed by atoms with Gasteiger partial charge in [0.25, 0.3) is 11.8 Å². The Balaban J connectivity index is 1.65. The smallest absolute Gasteiger partial charge is 0.274 e. The van der Waals surface area contributed by atoms with Gasteiger partial charge in [0.1, 0.15) is 17.2 Å². The van der Waals surface area contributed by atoms with Crippen molar-refractivity contribution in [1.82, 2.24) is 4.98 Å². The van der Waals surface area contributed by atoms with Crippen LogP contribution >= 0.6 is 0 Å². The highest BCUT2D eigenvalue weighted by molar-refractivity contribution is 6.07. The van der Waals surface area contributed by atoms with E-state index in [0.717, 1.165) is 24.0 Å². The molecule has 7 heteroatoms. The van der Waals surface area contributed by atoms with Crippen LogP contribution in [0.25, 0.3) is 16.0 Å². The molecule has 3 aromatic carbocycles. The van der Waals surface area contributed by atoms with Gasteiger partial charge in [-0.2, -0.15) is 0 Å². The molecule has 0 aliphatic rings. The standard InChI is InChI=1S/C32H29FN4O2/c1-5-6-10-25-23(24-11-7-8-12-27(24)34-4)15-16-26(33)30(25)37-32(39)29-14-9-13-28(36-29)31(38)35-22-18-20(2)17-21(3)19-22/h7-9,11-19H,5-6,10H2,1-3H3,(H,35,38)(H,37,39). The largest absolute Gasteiger partial charge is 0.321 e. The number of amides is 2. The Hall–Kier alpha value is -4.83. The second kappa shape index (κ2) is 12.1. The van der Waals surface area contributed by atoms with Crippen LogP contribution in [0.2, 0.25) is 0 Å². The van der Waals surface area contributed by atoms with Gasteiger partial charge in [-0.3, -0.25) is 9.59 Å². The summed E-state index contributed by atoms with van der Waals surface area (Å²) in [6.07, 6.45) is 2.15. The first-order valence-corrected chi connectivity index (χ1v) is 12.8. The van der Waals surface area contributed by atoms with Crippen LogP contribution in [0, 0.1) is 26.2 Å². The molecule has 1 aromatic heterocycles. The third kappa shape index (κ3) is 6.36. The monoisotopic (exact) mass is 520 g/mol. The predicted octanol–water partition coefficient (Wildman–Crippen LogP) is 7.90. The van der Waals surface area contributed by atoms with E-state index < -0.39 is 17.6 Å². The number of aromatic nitrogens is 1. The summed E-state index contributed by atoms with van der Waals surface area (Å²) in [4.78, 5) is 34.0. The van der Waals surface area contributed by atoms with Gasteiger partial charge in [-0.15, -0.1) is 0 Å². The third-order valence-electron chi connectivity index (χ3n) is 6.29. The summed E-state index contributed by atoms with van der Waals surface area (Å²) in [5, 5.41) is 5.51. The highest BCUT2D eigenvalue weighted by atomic mass is 19.1. The van der Waals surface area contributed by atoms with Gasteiger partial charge in [0.05, 0.1) is 12.3 Å². The molecule has 4 rings (SSSR count). The number of para-hydroxylation sites is 1. The maximum atomic E-state index is 15.2. The summed E-state index contributed by atoms with van der Waals surface area (Å²) in [6.45, 7) is 13.5. The normalized spacial score (nSPS) is 10.5. The number of halogens is 1. The highest BCUT2D eigenvalue weighted by Gasteiger charge is 2.20. The van der Waals surface area contributed by atoms with Crippen LogP contribution in [-0.2, 0) is 6.42 Å². The zero-order valence-corrected chi connectivity index (χ0v) is 22.1. The Bertz CT molecular complexity index is 1570. The van der Waals surface area contributed by atoms with E-state index in [0.29, 0.717) is 34.5 Å². The van der Waals surface area contributed by atoms with Crippen LogP contribution in [0.5, 0.6) is 0 Å². The zero-order valence-electron chi connectivity index (χ0n) is 22.1. The Morgan fingerprint density at radius 1 is 0.872 bits per heavy atom. The van der Waals surface area contributed by atoms with Crippen molar-refractivity contribution >= 4 is 28.9 Å². The molecule has 2 amide bonds. The number of carbonyl (C=O) groups excluding carboxylic acids is 2. The first kappa shape index (κ1) is 27.2. The number of rotatable bonds is 8. The van der Waals surface area contributed by atoms with Crippen molar-refractivity contribution in [3.05, 3.63) is 118 Å². The molecule has 0 fully saturated rings. The van der Waals surface area contributed by atoms with E-state index in [2.05, 4.69) is 20.5 Å². The van der Waals surface area contributed by atoms with Crippen LogP contribution in [0.1, 0.15) is 57.4 Å². The fourth-order valence-electron chi connectivity index (χ4n) is 4.53. The second-order valence-electron chi connectivity index (χ2n) is 9.37. The van der Waals surface area contributed by atoms with Crippen molar-refractivity contribution in [2.75, 3.05) is 10.6 Å². The Kier molecular flexibility index (Phi) is 8.47. The minimum atomic E-state index is -0.636. The van der Waals surface area contributed by atoms with Gasteiger partial charge in [-0.1, -0.05) is 55.8 Å². The zero-order chi connectivity index (χ0) is 27.9. The van der Waals surface area contributed by atoms with Crippen LogP contribution in [0.3, 0.4) is 0 Å². The van der Waals surface area contributed by atoms with Crippen molar-refractivity contribution < 1.29 is 14.0 Å². The molecule has 2 N–H and O–H groups in total. The molecule has 0 bridgehead atoms. The quantitative estimate of drug-likeness (QED) is 0.232. The van der Waals surface area contributed by atoms with Crippen molar-refractivity contribution in [2.24, 2.45) is 0 Å². The Morgan fingerprint density at radius 2 is 1.54 bits per heavy atom. The van der Waals surface area contributed by atoms with Gasteiger partial charge in [-0.05, 0) is 84.8 Å². The van der Waals surface area contributed by atoms with Gasteiger partial charge in [0, 0.05) is 5.69 Å². The number of nitrogens with zero attached hydrogens (tertiary/aromatic N) is 2. The number of aryl methyl sites for hydroxylation is 2. The molecule has 0 aliphatic carbocycles. The lowest BCUT2D eigenvalue weighted by molar-refractivity contribution is 0.101. The first-order valence-electron chi connectivity index (χ1n) is 12.8. The van der Waals surface area contributed by atoms with Crippen molar-refractivity contribution in [2.45, 2.75) is 40.0 Å². The maximum Gasteiger partial charge on any atom is 0.274 e. The fourth-order valence-corrected chi connectivity index (χ4v) is 4.53. The average Bonchev–Trinajstić information content (AvgIpc) is 2.92. The number of benzene rings is 3. The summed E-state index contributed by atoms with van der Waals surface area (Å²) in [6, 6.07) is 20.3. The van der Waals surface area contributed by atoms with Crippen molar-refractivity contribution in [1.29, 1.82) is 0 Å². The van der Waals surface area contributed by atoms with Crippen LogP contribution in [0.4, 0.5) is 21.5 Å². The molecule has 0 aliphatic heterocycles. The number of hydrogen-bond acceptors (Lipinski definition) is 3. The lowest BCUT2D eigenvalue weighted by Crippen LogP contribution is -2.20. The molecule has 196 valence electrons. The summed E-state index contributed by atoms with van der Waals surface area (Å²) < 4.78 is 15.2. The molecule has 0 atom stereocenters. The van der Waals surface area contributed by atoms with Gasteiger partial charge >= 0.3 is 0 Å². The molecule has 0 radical (unpaired) electrons. The minimum Gasteiger partial charge on any atom is -0.321 e. The summed E-state index contributed by atoms with van der Waals surface area (Å²) in [5.74, 6) is -1.67. The number of unbranched alkanes of at least 4 members (excludes halogenated alkanes) is 1. The Labute approximate surface area is 227 Å². The molecule has 39 heavy (non-hydrogen) atoms. The van der Waals surface area contributed by atoms with Crippen molar-refractivity contribution in [3.63, 3.8) is 0 Å². The average molecular weight is 521 g/mol. The predicted molar refractivity (Wildman–Crippen MR) is 153 cm³/mol. The molecule has 0 saturated carbocycles. The number of nitrogens with one attached hydrogen (secondary N) is 2. The van der Waals surface area contributed by atoms with Gasteiger partial charge < -0.3 is 10.6 Å². The summed E-state index contributed by atoms with van der Waals surface area (Å²) in [5.41, 5.74) is 5.18. The number of hydrogen-bond donors (Lipinski definition) is 2. The topological polar surface area (TPSA) is 75.5 Å². The third-order valence-corrected chi connectivity index (χ3v) is 6.29. The van der Waals surface area contributed by atoms with Crippen LogP contribution in [-0.4, -0.2) is 16.8 Å². The lowest BCUT2D eigenvalue weighted by Gasteiger charge is -2.18. The molecular weight excluding hydrogens is 491 g/mol. The molecule has 4 aromatic rings. The molecule has 6 nitrogen and oxygen atoms in total. The molecule has 1 heterocycles. The van der Waals surface area contributed by atoms with Gasteiger partial charge in [0.2, 0.25) is 0 Å². The van der Waals surface area contributed by atoms with E-state index in [-0.39, 0.29) is 17.1 Å².